The Labute approximate surface area is 94.6 Å². The van der Waals surface area contributed by atoms with E-state index in [9.17, 15) is 8.42 Å². The fourth-order valence-electron chi connectivity index (χ4n) is 1.35. The summed E-state index contributed by atoms with van der Waals surface area (Å²) in [4.78, 5) is 0.186. The van der Waals surface area contributed by atoms with Gasteiger partial charge in [0.05, 0.1) is 17.7 Å². The van der Waals surface area contributed by atoms with Gasteiger partial charge in [-0.1, -0.05) is 0 Å². The molecular formula is C10H14N2O3S. The fraction of sp³-hybridized carbons (Fsp3) is 0.400. The van der Waals surface area contributed by atoms with Gasteiger partial charge in [-0.2, -0.15) is 0 Å². The van der Waals surface area contributed by atoms with E-state index in [4.69, 9.17) is 10.5 Å². The fourth-order valence-corrected chi connectivity index (χ4v) is 2.67. The van der Waals surface area contributed by atoms with Crippen molar-refractivity contribution in [2.45, 2.75) is 23.8 Å². The zero-order valence-electron chi connectivity index (χ0n) is 8.93. The maximum absolute atomic E-state index is 11.9. The quantitative estimate of drug-likeness (QED) is 0.762. The van der Waals surface area contributed by atoms with Gasteiger partial charge in [-0.05, 0) is 25.0 Å². The molecule has 0 radical (unpaired) electrons. The third-order valence-electron chi connectivity index (χ3n) is 2.41. The highest BCUT2D eigenvalue weighted by Gasteiger charge is 2.28. The van der Waals surface area contributed by atoms with E-state index >= 15 is 0 Å². The van der Waals surface area contributed by atoms with Crippen LogP contribution in [0.2, 0.25) is 0 Å². The van der Waals surface area contributed by atoms with Crippen molar-refractivity contribution in [3.63, 3.8) is 0 Å². The van der Waals surface area contributed by atoms with Gasteiger partial charge < -0.3 is 10.5 Å². The Morgan fingerprint density at radius 3 is 2.69 bits per heavy atom. The van der Waals surface area contributed by atoms with Crippen LogP contribution in [0.4, 0.5) is 5.69 Å². The number of nitrogen functional groups attached to an aromatic ring is 1. The zero-order valence-corrected chi connectivity index (χ0v) is 9.75. The standard InChI is InChI=1S/C10H14N2O3S/c1-15-10-6-8(4-5-9(10)11)16(13,14)12-7-2-3-7/h4-7,12H,2-3,11H2,1H3. The smallest absolute Gasteiger partial charge is 0.240 e. The van der Waals surface area contributed by atoms with Crippen molar-refractivity contribution < 1.29 is 13.2 Å². The molecule has 0 spiro atoms. The molecular weight excluding hydrogens is 228 g/mol. The largest absolute Gasteiger partial charge is 0.495 e. The molecule has 0 aliphatic heterocycles. The monoisotopic (exact) mass is 242 g/mol. The van der Waals surface area contributed by atoms with Crippen molar-refractivity contribution in [2.24, 2.45) is 0 Å². The summed E-state index contributed by atoms with van der Waals surface area (Å²) in [6.07, 6.45) is 1.82. The second-order valence-electron chi connectivity index (χ2n) is 3.80. The lowest BCUT2D eigenvalue weighted by atomic mass is 10.3. The minimum Gasteiger partial charge on any atom is -0.495 e. The Hall–Kier alpha value is -1.27. The minimum absolute atomic E-state index is 0.0912. The first kappa shape index (κ1) is 11.2. The molecule has 0 unspecified atom stereocenters. The predicted molar refractivity (Wildman–Crippen MR) is 60.7 cm³/mol. The molecule has 0 amide bonds. The van der Waals surface area contributed by atoms with E-state index < -0.39 is 10.0 Å². The van der Waals surface area contributed by atoms with Crippen molar-refractivity contribution in [1.29, 1.82) is 0 Å². The molecule has 1 aliphatic carbocycles. The van der Waals surface area contributed by atoms with Gasteiger partial charge in [-0.25, -0.2) is 13.1 Å². The van der Waals surface area contributed by atoms with Crippen molar-refractivity contribution in [1.82, 2.24) is 4.72 Å². The first-order chi connectivity index (χ1) is 7.53. The van der Waals surface area contributed by atoms with Gasteiger partial charge in [-0.3, -0.25) is 0 Å². The topological polar surface area (TPSA) is 81.4 Å². The lowest BCUT2D eigenvalue weighted by Crippen LogP contribution is -2.25. The van der Waals surface area contributed by atoms with Crippen LogP contribution >= 0.6 is 0 Å². The molecule has 1 aliphatic rings. The molecule has 2 rings (SSSR count). The van der Waals surface area contributed by atoms with Crippen LogP contribution in [0, 0.1) is 0 Å². The number of benzene rings is 1. The van der Waals surface area contributed by atoms with E-state index in [1.165, 1.54) is 25.3 Å². The SMILES string of the molecule is COc1cc(S(=O)(=O)NC2CC2)ccc1N. The Morgan fingerprint density at radius 1 is 1.44 bits per heavy atom. The number of sulfonamides is 1. The van der Waals surface area contributed by atoms with Crippen molar-refractivity contribution in [3.8, 4) is 5.75 Å². The van der Waals surface area contributed by atoms with Crippen LogP contribution in [-0.4, -0.2) is 21.6 Å². The Bertz CT molecular complexity index is 495. The average Bonchev–Trinajstić information content (AvgIpc) is 3.01. The van der Waals surface area contributed by atoms with Gasteiger partial charge in [-0.15, -0.1) is 0 Å². The van der Waals surface area contributed by atoms with Gasteiger partial charge in [0.2, 0.25) is 10.0 Å². The first-order valence-electron chi connectivity index (χ1n) is 4.99. The molecule has 1 fully saturated rings. The number of ether oxygens (including phenoxy) is 1. The van der Waals surface area contributed by atoms with E-state index in [2.05, 4.69) is 4.72 Å². The number of nitrogens with two attached hydrogens (primary N) is 1. The molecule has 1 aromatic rings. The summed E-state index contributed by atoms with van der Waals surface area (Å²) in [5, 5.41) is 0. The second kappa shape index (κ2) is 3.95. The van der Waals surface area contributed by atoms with E-state index in [1.54, 1.807) is 0 Å². The van der Waals surface area contributed by atoms with Gasteiger partial charge in [0, 0.05) is 12.1 Å². The van der Waals surface area contributed by atoms with Gasteiger partial charge in [0.1, 0.15) is 5.75 Å². The molecule has 16 heavy (non-hydrogen) atoms. The zero-order chi connectivity index (χ0) is 11.8. The number of methoxy groups -OCH3 is 1. The van der Waals surface area contributed by atoms with Crippen molar-refractivity contribution in [2.75, 3.05) is 12.8 Å². The number of rotatable bonds is 4. The van der Waals surface area contributed by atoms with Crippen LogP contribution in [0.5, 0.6) is 5.75 Å². The number of nitrogens with one attached hydrogen (secondary N) is 1. The van der Waals surface area contributed by atoms with E-state index in [-0.39, 0.29) is 10.9 Å². The molecule has 5 nitrogen and oxygen atoms in total. The molecule has 1 aromatic carbocycles. The molecule has 0 heterocycles. The Balaban J connectivity index is 2.31. The Kier molecular flexibility index (Phi) is 2.77. The van der Waals surface area contributed by atoms with Crippen LogP contribution in [0.25, 0.3) is 0 Å². The highest BCUT2D eigenvalue weighted by atomic mass is 32.2. The summed E-state index contributed by atoms with van der Waals surface area (Å²) >= 11 is 0. The van der Waals surface area contributed by atoms with Crippen LogP contribution in [-0.2, 0) is 10.0 Å². The normalized spacial score (nSPS) is 16.1. The first-order valence-corrected chi connectivity index (χ1v) is 6.47. The highest BCUT2D eigenvalue weighted by molar-refractivity contribution is 7.89. The van der Waals surface area contributed by atoms with Crippen LogP contribution in [0.1, 0.15) is 12.8 Å². The molecule has 0 atom stereocenters. The molecule has 0 aromatic heterocycles. The van der Waals surface area contributed by atoms with Crippen LogP contribution < -0.4 is 15.2 Å². The summed E-state index contributed by atoms with van der Waals surface area (Å²) in [7, 11) is -1.98. The van der Waals surface area contributed by atoms with Crippen molar-refractivity contribution in [3.05, 3.63) is 18.2 Å². The van der Waals surface area contributed by atoms with E-state index in [1.807, 2.05) is 0 Å². The maximum Gasteiger partial charge on any atom is 0.240 e. The third kappa shape index (κ3) is 2.28. The number of hydrogen-bond acceptors (Lipinski definition) is 4. The molecule has 6 heteroatoms. The average molecular weight is 242 g/mol. The maximum atomic E-state index is 11.9. The summed E-state index contributed by atoms with van der Waals surface area (Å²) in [6, 6.07) is 4.52. The lowest BCUT2D eigenvalue weighted by molar-refractivity contribution is 0.415. The molecule has 0 saturated heterocycles. The molecule has 0 bridgehead atoms. The Morgan fingerprint density at radius 2 is 2.12 bits per heavy atom. The molecule has 88 valence electrons. The van der Waals surface area contributed by atoms with Crippen molar-refractivity contribution >= 4 is 15.7 Å². The third-order valence-corrected chi connectivity index (χ3v) is 3.93. The number of hydrogen-bond donors (Lipinski definition) is 2. The summed E-state index contributed by atoms with van der Waals surface area (Å²) in [6.45, 7) is 0. The van der Waals surface area contributed by atoms with Gasteiger partial charge >= 0.3 is 0 Å². The minimum atomic E-state index is -3.43. The van der Waals surface area contributed by atoms with E-state index in [0.717, 1.165) is 12.8 Å². The number of anilines is 1. The summed E-state index contributed by atoms with van der Waals surface area (Å²) < 4.78 is 31.3. The predicted octanol–water partition coefficient (Wildman–Crippen LogP) is 0.718. The summed E-state index contributed by atoms with van der Waals surface area (Å²) in [5.41, 5.74) is 6.04. The highest BCUT2D eigenvalue weighted by Crippen LogP contribution is 2.27. The molecule has 3 N–H and O–H groups in total. The molecule has 1 saturated carbocycles. The second-order valence-corrected chi connectivity index (χ2v) is 5.51. The van der Waals surface area contributed by atoms with Crippen LogP contribution in [0.3, 0.4) is 0 Å². The van der Waals surface area contributed by atoms with Gasteiger partial charge in [0.25, 0.3) is 0 Å². The lowest BCUT2D eigenvalue weighted by Gasteiger charge is -2.08. The van der Waals surface area contributed by atoms with E-state index in [0.29, 0.717) is 11.4 Å². The van der Waals surface area contributed by atoms with Crippen LogP contribution in [0.15, 0.2) is 23.1 Å². The van der Waals surface area contributed by atoms with Gasteiger partial charge in [0.15, 0.2) is 0 Å². The summed E-state index contributed by atoms with van der Waals surface area (Å²) in [5.74, 6) is 0.374.